The van der Waals surface area contributed by atoms with E-state index in [9.17, 15) is 32.4 Å². The Balaban J connectivity index is 1.35. The Morgan fingerprint density at radius 3 is 2.20 bits per heavy atom. The van der Waals surface area contributed by atoms with Crippen molar-refractivity contribution in [2.24, 2.45) is 23.2 Å². The predicted octanol–water partition coefficient (Wildman–Crippen LogP) is 2.44. The zero-order valence-corrected chi connectivity index (χ0v) is 30.8. The van der Waals surface area contributed by atoms with Gasteiger partial charge in [0.15, 0.2) is 0 Å². The van der Waals surface area contributed by atoms with Gasteiger partial charge in [0.05, 0.1) is 16.8 Å². The molecule has 0 unspecified atom stereocenters. The molecule has 0 bridgehead atoms. The van der Waals surface area contributed by atoms with E-state index in [4.69, 9.17) is 0 Å². The third-order valence-electron chi connectivity index (χ3n) is 11.7. The van der Waals surface area contributed by atoms with Crippen LogP contribution in [0.15, 0.2) is 0 Å². The average Bonchev–Trinajstić information content (AvgIpc) is 3.50. The largest absolute Gasteiger partial charge is 0.349 e. The maximum atomic E-state index is 14.6. The van der Waals surface area contributed by atoms with Gasteiger partial charge in [-0.1, -0.05) is 66.2 Å². The minimum absolute atomic E-state index is 0.0842. The van der Waals surface area contributed by atoms with Crippen LogP contribution >= 0.6 is 0 Å². The normalized spacial score (nSPS) is 29.0. The number of amides is 5. The fraction of sp³-hybridized carbons (Fsp3) is 0.857. The number of rotatable bonds is 12. The highest BCUT2D eigenvalue weighted by Gasteiger charge is 2.54. The zero-order chi connectivity index (χ0) is 35.7. The van der Waals surface area contributed by atoms with Crippen molar-refractivity contribution in [3.8, 4) is 0 Å². The van der Waals surface area contributed by atoms with Crippen LogP contribution in [0.1, 0.15) is 111 Å². The quantitative estimate of drug-likeness (QED) is 0.226. The number of fused-ring (bicyclic) bond motifs is 1. The Morgan fingerprint density at radius 1 is 0.918 bits per heavy atom. The molecule has 0 spiro atoms. The Hall–Kier alpha value is -2.74. The second-order valence-electron chi connectivity index (χ2n) is 16.4. The summed E-state index contributed by atoms with van der Waals surface area (Å²) in [5.41, 5.74) is -1.68. The molecule has 5 fully saturated rings. The van der Waals surface area contributed by atoms with E-state index >= 15 is 0 Å². The molecule has 3 aliphatic carbocycles. The molecule has 276 valence electrons. The molecule has 2 heterocycles. The van der Waals surface area contributed by atoms with Crippen LogP contribution in [0.25, 0.3) is 0 Å². The van der Waals surface area contributed by atoms with Crippen molar-refractivity contribution in [2.75, 3.05) is 26.7 Å². The van der Waals surface area contributed by atoms with Crippen LogP contribution in [0.3, 0.4) is 0 Å². The minimum Gasteiger partial charge on any atom is -0.349 e. The molecule has 0 aromatic rings. The topological polar surface area (TPSA) is 174 Å². The number of urea groups is 1. The zero-order valence-electron chi connectivity index (χ0n) is 30.0. The van der Waals surface area contributed by atoms with Crippen molar-refractivity contribution in [3.05, 3.63) is 0 Å². The SMILES string of the molecule is CCCNC(=O)C(=O)[C@H](CC1CC1)NC(=O)[C@@H]1[C@H]2CCC[C@H]2CN1C(=O)[C@@H](NC(=O)NC1([C@H]2CCN(C)S2(=O)=O)CCCCC1)C(C)(C)C. The van der Waals surface area contributed by atoms with Crippen LogP contribution in [0.2, 0.25) is 0 Å². The summed E-state index contributed by atoms with van der Waals surface area (Å²) in [6.07, 6.45) is 9.63. The Bertz CT molecular complexity index is 1390. The van der Waals surface area contributed by atoms with E-state index in [-0.39, 0.29) is 23.7 Å². The molecule has 0 aromatic carbocycles. The Labute approximate surface area is 291 Å². The van der Waals surface area contributed by atoms with Crippen LogP contribution in [0, 0.1) is 23.2 Å². The highest BCUT2D eigenvalue weighted by molar-refractivity contribution is 7.90. The van der Waals surface area contributed by atoms with E-state index in [2.05, 4.69) is 21.3 Å². The number of ketones is 1. The maximum absolute atomic E-state index is 14.6. The Kier molecular flexibility index (Phi) is 11.4. The first-order chi connectivity index (χ1) is 23.1. The second kappa shape index (κ2) is 14.9. The highest BCUT2D eigenvalue weighted by atomic mass is 32.2. The molecular formula is C35H58N6O7S. The van der Waals surface area contributed by atoms with Gasteiger partial charge in [-0.25, -0.2) is 17.5 Å². The minimum atomic E-state index is -3.59. The molecule has 5 amide bonds. The lowest BCUT2D eigenvalue weighted by molar-refractivity contribution is -0.144. The summed E-state index contributed by atoms with van der Waals surface area (Å²) in [6, 6.07) is -3.39. The maximum Gasteiger partial charge on any atom is 0.315 e. The number of nitrogens with one attached hydrogen (secondary N) is 4. The van der Waals surface area contributed by atoms with Crippen LogP contribution in [-0.2, 0) is 29.2 Å². The van der Waals surface area contributed by atoms with Crippen molar-refractivity contribution in [1.82, 2.24) is 30.5 Å². The molecule has 3 saturated carbocycles. The van der Waals surface area contributed by atoms with Gasteiger partial charge in [0.1, 0.15) is 12.1 Å². The number of sulfonamides is 1. The van der Waals surface area contributed by atoms with Crippen LogP contribution in [-0.4, -0.2) is 103 Å². The molecule has 0 aromatic heterocycles. The molecule has 5 rings (SSSR count). The summed E-state index contributed by atoms with van der Waals surface area (Å²) in [5.74, 6) is -1.87. The number of hydrogen-bond donors (Lipinski definition) is 4. The average molecular weight is 707 g/mol. The molecule has 4 N–H and O–H groups in total. The van der Waals surface area contributed by atoms with Gasteiger partial charge in [0, 0.05) is 26.7 Å². The van der Waals surface area contributed by atoms with Gasteiger partial charge in [0.25, 0.3) is 5.91 Å². The highest BCUT2D eigenvalue weighted by Crippen LogP contribution is 2.44. The molecular weight excluding hydrogens is 648 g/mol. The van der Waals surface area contributed by atoms with Gasteiger partial charge in [0.2, 0.25) is 27.6 Å². The summed E-state index contributed by atoms with van der Waals surface area (Å²) < 4.78 is 28.0. The van der Waals surface area contributed by atoms with E-state index in [0.29, 0.717) is 51.7 Å². The van der Waals surface area contributed by atoms with E-state index in [1.165, 1.54) is 4.31 Å². The lowest BCUT2D eigenvalue weighted by Gasteiger charge is -2.43. The molecule has 14 heteroatoms. The Morgan fingerprint density at radius 2 is 1.61 bits per heavy atom. The van der Waals surface area contributed by atoms with Gasteiger partial charge in [-0.05, 0) is 68.1 Å². The number of likely N-dealkylation sites (tertiary alicyclic amines) is 1. The summed E-state index contributed by atoms with van der Waals surface area (Å²) in [6.45, 7) is 8.60. The molecule has 2 aliphatic heterocycles. The fourth-order valence-corrected chi connectivity index (χ4v) is 10.9. The van der Waals surface area contributed by atoms with Crippen LogP contribution in [0.5, 0.6) is 0 Å². The van der Waals surface area contributed by atoms with Crippen molar-refractivity contribution >= 4 is 39.6 Å². The predicted molar refractivity (Wildman–Crippen MR) is 185 cm³/mol. The van der Waals surface area contributed by atoms with E-state index in [1.54, 1.807) is 11.9 Å². The van der Waals surface area contributed by atoms with Crippen LogP contribution in [0.4, 0.5) is 4.79 Å². The fourth-order valence-electron chi connectivity index (χ4n) is 8.80. The molecule has 0 radical (unpaired) electrons. The van der Waals surface area contributed by atoms with E-state index in [0.717, 1.165) is 51.4 Å². The number of nitrogens with zero attached hydrogens (tertiary/aromatic N) is 2. The number of hydrogen-bond acceptors (Lipinski definition) is 7. The van der Waals surface area contributed by atoms with Gasteiger partial charge in [-0.15, -0.1) is 0 Å². The van der Waals surface area contributed by atoms with Crippen molar-refractivity contribution in [1.29, 1.82) is 0 Å². The van der Waals surface area contributed by atoms with E-state index in [1.807, 2.05) is 27.7 Å². The van der Waals surface area contributed by atoms with Gasteiger partial charge in [-0.3, -0.25) is 19.2 Å². The van der Waals surface area contributed by atoms with Gasteiger partial charge in [-0.2, -0.15) is 0 Å². The van der Waals surface area contributed by atoms with E-state index < -0.39 is 68.0 Å². The molecule has 2 saturated heterocycles. The second-order valence-corrected chi connectivity index (χ2v) is 18.6. The lowest BCUT2D eigenvalue weighted by atomic mass is 9.78. The van der Waals surface area contributed by atoms with Crippen molar-refractivity contribution in [2.45, 2.75) is 140 Å². The first kappa shape index (κ1) is 37.5. The standard InChI is InChI=1S/C35H58N6O7S/c1-6-18-36-31(44)28(42)25(20-22-13-14-22)37-30(43)27-24-12-10-11-23(24)21-41(27)32(45)29(34(2,3)4)38-33(46)39-35(16-8-7-9-17-35)26-15-19-40(5)49(26,47)48/h22-27,29H,6-21H2,1-5H3,(H,36,44)(H,37,43)(H2,38,39,46)/t23-,24-,25-,26+,27-,29+/m0/s1. The molecule has 6 atom stereocenters. The summed E-state index contributed by atoms with van der Waals surface area (Å²) in [7, 11) is -2.02. The third-order valence-corrected chi connectivity index (χ3v) is 14.2. The first-order valence-electron chi connectivity index (χ1n) is 18.6. The number of carbonyl (C=O) groups excluding carboxylic acids is 5. The first-order valence-corrected chi connectivity index (χ1v) is 20.1. The van der Waals surface area contributed by atoms with Crippen molar-refractivity contribution < 1.29 is 32.4 Å². The summed E-state index contributed by atoms with van der Waals surface area (Å²) >= 11 is 0. The molecule has 13 nitrogen and oxygen atoms in total. The molecule has 49 heavy (non-hydrogen) atoms. The molecule has 5 aliphatic rings. The lowest BCUT2D eigenvalue weighted by Crippen LogP contribution is -2.65. The third kappa shape index (κ3) is 8.10. The number of carbonyl (C=O) groups is 5. The number of Topliss-reactive ketones (excluding diaryl/α,β-unsaturated/α-hetero) is 1. The van der Waals surface area contributed by atoms with Crippen molar-refractivity contribution in [3.63, 3.8) is 0 Å². The summed E-state index contributed by atoms with van der Waals surface area (Å²) in [4.78, 5) is 70.0. The van der Waals surface area contributed by atoms with Gasteiger partial charge >= 0.3 is 6.03 Å². The smallest absolute Gasteiger partial charge is 0.315 e. The summed E-state index contributed by atoms with van der Waals surface area (Å²) in [5, 5.41) is 10.8. The van der Waals surface area contributed by atoms with Crippen LogP contribution < -0.4 is 21.3 Å². The van der Waals surface area contributed by atoms with Gasteiger partial charge < -0.3 is 26.2 Å². The monoisotopic (exact) mass is 706 g/mol.